The number of hydrogen-bond donors (Lipinski definition) is 1. The van der Waals surface area contributed by atoms with Gasteiger partial charge in [0.05, 0.1) is 0 Å². The number of benzene rings is 1. The average molecular weight is 437 g/mol. The molecule has 2 aliphatic heterocycles. The number of rotatable bonds is 6. The van der Waals surface area contributed by atoms with E-state index in [-0.39, 0.29) is 30.0 Å². The van der Waals surface area contributed by atoms with Crippen molar-refractivity contribution >= 4 is 11.9 Å². The summed E-state index contributed by atoms with van der Waals surface area (Å²) in [6.07, 6.45) is 0.0502. The first kappa shape index (κ1) is 21.5. The molecule has 1 saturated heterocycles. The van der Waals surface area contributed by atoms with E-state index in [4.69, 9.17) is 4.74 Å². The number of aromatic nitrogens is 3. The van der Waals surface area contributed by atoms with Gasteiger partial charge in [-0.15, -0.1) is 0 Å². The molecule has 0 saturated carbocycles. The molecule has 1 amide bonds. The Balaban J connectivity index is 1.36. The molecule has 3 heterocycles. The van der Waals surface area contributed by atoms with Crippen LogP contribution in [0.1, 0.15) is 38.6 Å². The number of nitrogens with one attached hydrogen (secondary N) is 1. The van der Waals surface area contributed by atoms with E-state index in [9.17, 15) is 18.0 Å². The van der Waals surface area contributed by atoms with Crippen LogP contribution in [-0.2, 0) is 4.79 Å². The highest BCUT2D eigenvalue weighted by Gasteiger charge is 2.39. The molecule has 1 unspecified atom stereocenters. The number of amides is 1. The SMILES string of the molecule is CCC(Oc1ccccc1F)C(=O)N1CCC([C@@H]2C[C@H](C(F)F)n3ncnc3N2)CC1. The first-order valence-corrected chi connectivity index (χ1v) is 10.6. The van der Waals surface area contributed by atoms with E-state index in [1.807, 2.05) is 6.92 Å². The van der Waals surface area contributed by atoms with Crippen LogP contribution in [0.5, 0.6) is 5.75 Å². The zero-order chi connectivity index (χ0) is 22.0. The molecule has 1 fully saturated rings. The standard InChI is InChI=1S/C21H26F3N5O2/c1-2-17(31-18-6-4-3-5-14(18)22)20(30)28-9-7-13(8-10-28)15-11-16(19(23)24)29-21(27-15)25-12-26-29/h3-6,12-13,15-17,19H,2,7-11H2,1H3,(H,25,26,27)/t15-,16+,17?/m0/s1. The Morgan fingerprint density at radius 1 is 1.29 bits per heavy atom. The van der Waals surface area contributed by atoms with Crippen LogP contribution in [0.25, 0.3) is 0 Å². The summed E-state index contributed by atoms with van der Waals surface area (Å²) >= 11 is 0. The van der Waals surface area contributed by atoms with Gasteiger partial charge in [-0.1, -0.05) is 19.1 Å². The molecule has 1 aromatic heterocycles. The van der Waals surface area contributed by atoms with Crippen LogP contribution in [-0.4, -0.2) is 57.2 Å². The maximum Gasteiger partial charge on any atom is 0.263 e. The molecule has 1 N–H and O–H groups in total. The third kappa shape index (κ3) is 4.47. The zero-order valence-electron chi connectivity index (χ0n) is 17.3. The molecule has 7 nitrogen and oxygen atoms in total. The lowest BCUT2D eigenvalue weighted by molar-refractivity contribution is -0.140. The number of ether oxygens (including phenoxy) is 1. The summed E-state index contributed by atoms with van der Waals surface area (Å²) in [6.45, 7) is 2.83. The summed E-state index contributed by atoms with van der Waals surface area (Å²) < 4.78 is 47.8. The van der Waals surface area contributed by atoms with Crippen molar-refractivity contribution < 1.29 is 22.7 Å². The summed E-state index contributed by atoms with van der Waals surface area (Å²) in [7, 11) is 0. The second kappa shape index (κ2) is 9.15. The maximum absolute atomic E-state index is 13.9. The van der Waals surface area contributed by atoms with E-state index in [0.717, 1.165) is 0 Å². The summed E-state index contributed by atoms with van der Waals surface area (Å²) in [5, 5.41) is 7.15. The van der Waals surface area contributed by atoms with Gasteiger partial charge in [0.25, 0.3) is 12.3 Å². The summed E-state index contributed by atoms with van der Waals surface area (Å²) in [5.74, 6) is -0.109. The van der Waals surface area contributed by atoms with Gasteiger partial charge in [0, 0.05) is 19.1 Å². The molecule has 0 bridgehead atoms. The second-order valence-electron chi connectivity index (χ2n) is 8.02. The first-order valence-electron chi connectivity index (χ1n) is 10.6. The number of carbonyl (C=O) groups is 1. The third-order valence-corrected chi connectivity index (χ3v) is 6.16. The van der Waals surface area contributed by atoms with Crippen LogP contribution in [0.4, 0.5) is 19.1 Å². The van der Waals surface area contributed by atoms with Gasteiger partial charge in [0.15, 0.2) is 17.7 Å². The van der Waals surface area contributed by atoms with E-state index < -0.39 is 24.4 Å². The van der Waals surface area contributed by atoms with Crippen molar-refractivity contribution in [1.29, 1.82) is 0 Å². The summed E-state index contributed by atoms with van der Waals surface area (Å²) in [6, 6.07) is 4.88. The maximum atomic E-state index is 13.9. The van der Waals surface area contributed by atoms with Crippen molar-refractivity contribution in [1.82, 2.24) is 19.7 Å². The van der Waals surface area contributed by atoms with Gasteiger partial charge < -0.3 is 15.0 Å². The Hall–Kier alpha value is -2.78. The van der Waals surface area contributed by atoms with E-state index in [1.165, 1.54) is 23.1 Å². The molecule has 168 valence electrons. The van der Waals surface area contributed by atoms with Crippen LogP contribution < -0.4 is 10.1 Å². The van der Waals surface area contributed by atoms with Gasteiger partial charge in [0.2, 0.25) is 5.95 Å². The first-order chi connectivity index (χ1) is 15.0. The number of anilines is 1. The summed E-state index contributed by atoms with van der Waals surface area (Å²) in [5.41, 5.74) is 0. The Labute approximate surface area is 178 Å². The fraction of sp³-hybridized carbons (Fsp3) is 0.571. The molecule has 4 rings (SSSR count). The topological polar surface area (TPSA) is 72.3 Å². The van der Waals surface area contributed by atoms with Crippen molar-refractivity contribution in [2.45, 2.75) is 57.2 Å². The number of piperidine rings is 1. The number of nitrogens with zero attached hydrogens (tertiary/aromatic N) is 4. The molecular weight excluding hydrogens is 411 g/mol. The lowest BCUT2D eigenvalue weighted by Gasteiger charge is -2.40. The fourth-order valence-electron chi connectivity index (χ4n) is 4.43. The van der Waals surface area contributed by atoms with Crippen LogP contribution in [0.15, 0.2) is 30.6 Å². The van der Waals surface area contributed by atoms with Gasteiger partial charge in [-0.25, -0.2) is 17.9 Å². The van der Waals surface area contributed by atoms with Crippen molar-refractivity contribution in [2.24, 2.45) is 5.92 Å². The van der Waals surface area contributed by atoms with Crippen molar-refractivity contribution in [3.63, 3.8) is 0 Å². The van der Waals surface area contributed by atoms with Gasteiger partial charge >= 0.3 is 0 Å². The zero-order valence-corrected chi connectivity index (χ0v) is 17.3. The molecule has 10 heteroatoms. The van der Waals surface area contributed by atoms with Gasteiger partial charge in [0.1, 0.15) is 12.4 Å². The Morgan fingerprint density at radius 3 is 2.71 bits per heavy atom. The largest absolute Gasteiger partial charge is 0.478 e. The monoisotopic (exact) mass is 437 g/mol. The lowest BCUT2D eigenvalue weighted by Crippen LogP contribution is -2.49. The van der Waals surface area contributed by atoms with Crippen LogP contribution in [0.3, 0.4) is 0 Å². The van der Waals surface area contributed by atoms with E-state index in [2.05, 4.69) is 15.4 Å². The fourth-order valence-corrected chi connectivity index (χ4v) is 4.43. The highest BCUT2D eigenvalue weighted by atomic mass is 19.3. The predicted molar refractivity (Wildman–Crippen MR) is 108 cm³/mol. The number of para-hydroxylation sites is 1. The van der Waals surface area contributed by atoms with Crippen LogP contribution in [0, 0.1) is 11.7 Å². The molecule has 3 atom stereocenters. The van der Waals surface area contributed by atoms with E-state index >= 15 is 0 Å². The molecule has 31 heavy (non-hydrogen) atoms. The van der Waals surface area contributed by atoms with Crippen LogP contribution in [0.2, 0.25) is 0 Å². The number of hydrogen-bond acceptors (Lipinski definition) is 5. The van der Waals surface area contributed by atoms with Crippen molar-refractivity contribution in [3.8, 4) is 5.75 Å². The van der Waals surface area contributed by atoms with Crippen LogP contribution >= 0.6 is 0 Å². The van der Waals surface area contributed by atoms with Crippen molar-refractivity contribution in [2.75, 3.05) is 18.4 Å². The highest BCUT2D eigenvalue weighted by Crippen LogP contribution is 2.35. The normalized spacial score (nSPS) is 22.7. The van der Waals surface area contributed by atoms with E-state index in [0.29, 0.717) is 38.3 Å². The van der Waals surface area contributed by atoms with E-state index in [1.54, 1.807) is 17.0 Å². The summed E-state index contributed by atoms with van der Waals surface area (Å²) in [4.78, 5) is 18.7. The number of likely N-dealkylation sites (tertiary alicyclic amines) is 1. The molecule has 1 aromatic carbocycles. The number of fused-ring (bicyclic) bond motifs is 1. The number of halogens is 3. The Kier molecular flexibility index (Phi) is 6.33. The smallest absolute Gasteiger partial charge is 0.263 e. The third-order valence-electron chi connectivity index (χ3n) is 6.16. The molecule has 0 spiro atoms. The average Bonchev–Trinajstić information content (AvgIpc) is 3.26. The molecule has 2 aliphatic rings. The minimum atomic E-state index is -2.52. The molecule has 0 aliphatic carbocycles. The second-order valence-corrected chi connectivity index (χ2v) is 8.02. The predicted octanol–water partition coefficient (Wildman–Crippen LogP) is 3.50. The number of alkyl halides is 2. The number of carbonyl (C=O) groups excluding carboxylic acids is 1. The lowest BCUT2D eigenvalue weighted by atomic mass is 9.85. The Bertz CT molecular complexity index is 901. The van der Waals surface area contributed by atoms with Gasteiger partial charge in [-0.3, -0.25) is 4.79 Å². The Morgan fingerprint density at radius 2 is 2.03 bits per heavy atom. The van der Waals surface area contributed by atoms with Gasteiger partial charge in [-0.2, -0.15) is 10.1 Å². The highest BCUT2D eigenvalue weighted by molar-refractivity contribution is 5.81. The molecule has 2 aromatic rings. The molecule has 0 radical (unpaired) electrons. The molecular formula is C21H26F3N5O2. The quantitative estimate of drug-likeness (QED) is 0.749. The minimum Gasteiger partial charge on any atom is -0.478 e. The van der Waals surface area contributed by atoms with Gasteiger partial charge in [-0.05, 0) is 43.7 Å². The van der Waals surface area contributed by atoms with Crippen molar-refractivity contribution in [3.05, 3.63) is 36.4 Å². The minimum absolute atomic E-state index is 0.0612.